The summed E-state index contributed by atoms with van der Waals surface area (Å²) < 4.78 is 22.9. The summed E-state index contributed by atoms with van der Waals surface area (Å²) in [4.78, 5) is 13.3. The Hall–Kier alpha value is -2.31. The second-order valence-electron chi connectivity index (χ2n) is 25.7. The number of ether oxygens (including phenoxy) is 4. The summed E-state index contributed by atoms with van der Waals surface area (Å²) in [6, 6.07) is -0.827. The van der Waals surface area contributed by atoms with Crippen LogP contribution in [0.3, 0.4) is 0 Å². The first kappa shape index (κ1) is 81.8. The van der Waals surface area contributed by atoms with Gasteiger partial charge >= 0.3 is 0 Å². The Morgan fingerprint density at radius 3 is 1.20 bits per heavy atom. The number of amides is 1. The lowest BCUT2D eigenvalue weighted by molar-refractivity contribution is -0.359. The number of carbonyl (C=O) groups excluding carboxylic acids is 1. The summed E-state index contributed by atoms with van der Waals surface area (Å²) in [5.74, 6) is -0.202. The van der Waals surface area contributed by atoms with Crippen LogP contribution in [0.4, 0.5) is 0 Å². The highest BCUT2D eigenvalue weighted by Crippen LogP contribution is 2.30. The smallest absolute Gasteiger partial charge is 0.220 e. The molecular formula is C74H135NO13. The van der Waals surface area contributed by atoms with E-state index in [1.807, 2.05) is 0 Å². The molecule has 12 atom stereocenters. The Labute approximate surface area is 536 Å². The minimum Gasteiger partial charge on any atom is -0.394 e. The minimum absolute atomic E-state index is 0.202. The van der Waals surface area contributed by atoms with E-state index in [-0.39, 0.29) is 12.5 Å². The molecule has 1 amide bonds. The quantitative estimate of drug-likeness (QED) is 0.0204. The predicted octanol–water partition coefficient (Wildman–Crippen LogP) is 15.2. The van der Waals surface area contributed by atoms with E-state index >= 15 is 0 Å². The number of unbranched alkanes of at least 4 members (excludes halogenated alkanes) is 37. The Balaban J connectivity index is 1.52. The van der Waals surface area contributed by atoms with Gasteiger partial charge in [0.15, 0.2) is 12.6 Å². The number of aliphatic hydroxyl groups is 8. The van der Waals surface area contributed by atoms with Crippen LogP contribution in [0.2, 0.25) is 0 Å². The summed E-state index contributed by atoms with van der Waals surface area (Å²) in [6.07, 6.45) is 61.3. The molecule has 14 heteroatoms. The van der Waals surface area contributed by atoms with Crippen molar-refractivity contribution < 1.29 is 64.6 Å². The van der Waals surface area contributed by atoms with E-state index in [0.717, 1.165) is 83.5 Å². The number of rotatable bonds is 60. The molecule has 2 saturated heterocycles. The fourth-order valence-corrected chi connectivity index (χ4v) is 12.0. The number of carbonyl (C=O) groups is 1. The maximum atomic E-state index is 13.3. The highest BCUT2D eigenvalue weighted by atomic mass is 16.7. The second-order valence-corrected chi connectivity index (χ2v) is 25.7. The monoisotopic (exact) mass is 1250 g/mol. The van der Waals surface area contributed by atoms with Gasteiger partial charge in [0.2, 0.25) is 5.91 Å². The SMILES string of the molecule is CC/C=C\C/C=C\C/C=C\C/C=C\C/C=C\CCCCCCCCCCCCCCCCCCCCCCCCCCCC(=O)NC(COC1OC(CO)C(OC2OC(CO)C(O)C(O)C2O)C(O)C1O)C(O)CCCCCCCCCCCCCCC. The van der Waals surface area contributed by atoms with Crippen LogP contribution >= 0.6 is 0 Å². The highest BCUT2D eigenvalue weighted by molar-refractivity contribution is 5.76. The van der Waals surface area contributed by atoms with E-state index in [0.29, 0.717) is 12.8 Å². The van der Waals surface area contributed by atoms with Gasteiger partial charge in [-0.3, -0.25) is 4.79 Å². The summed E-state index contributed by atoms with van der Waals surface area (Å²) in [5, 5.41) is 87.4. The van der Waals surface area contributed by atoms with Crippen molar-refractivity contribution in [1.82, 2.24) is 5.32 Å². The summed E-state index contributed by atoms with van der Waals surface area (Å²) >= 11 is 0. The number of hydrogen-bond donors (Lipinski definition) is 9. The van der Waals surface area contributed by atoms with Gasteiger partial charge in [0, 0.05) is 6.42 Å². The molecule has 2 aliphatic heterocycles. The van der Waals surface area contributed by atoms with E-state index in [2.05, 4.69) is 79.9 Å². The second kappa shape index (κ2) is 58.5. The highest BCUT2D eigenvalue weighted by Gasteiger charge is 2.51. The fourth-order valence-electron chi connectivity index (χ4n) is 12.0. The third kappa shape index (κ3) is 42.0. The molecule has 0 aromatic heterocycles. The molecule has 0 aliphatic carbocycles. The first-order valence-electron chi connectivity index (χ1n) is 36.5. The van der Waals surface area contributed by atoms with Gasteiger partial charge in [-0.25, -0.2) is 0 Å². The number of nitrogens with one attached hydrogen (secondary N) is 1. The zero-order chi connectivity index (χ0) is 63.8. The largest absolute Gasteiger partial charge is 0.394 e. The normalized spacial score (nSPS) is 23.5. The van der Waals surface area contributed by atoms with Crippen molar-refractivity contribution in [3.63, 3.8) is 0 Å². The van der Waals surface area contributed by atoms with Gasteiger partial charge < -0.3 is 65.1 Å². The molecule has 2 rings (SSSR count). The van der Waals surface area contributed by atoms with E-state index < -0.39 is 86.8 Å². The van der Waals surface area contributed by atoms with E-state index in [1.54, 1.807) is 0 Å². The number of allylic oxidation sites excluding steroid dienone is 10. The molecule has 9 N–H and O–H groups in total. The van der Waals surface area contributed by atoms with Crippen molar-refractivity contribution in [3.05, 3.63) is 60.8 Å². The van der Waals surface area contributed by atoms with Gasteiger partial charge in [-0.1, -0.05) is 306 Å². The molecule has 2 aliphatic rings. The fraction of sp³-hybridized carbons (Fsp3) is 0.851. The average molecular weight is 1250 g/mol. The van der Waals surface area contributed by atoms with Crippen LogP contribution in [0.15, 0.2) is 60.8 Å². The Morgan fingerprint density at radius 1 is 0.420 bits per heavy atom. The lowest BCUT2D eigenvalue weighted by Crippen LogP contribution is -2.65. The van der Waals surface area contributed by atoms with Crippen molar-refractivity contribution in [2.75, 3.05) is 19.8 Å². The van der Waals surface area contributed by atoms with Gasteiger partial charge in [0.25, 0.3) is 0 Å². The van der Waals surface area contributed by atoms with Gasteiger partial charge in [-0.05, 0) is 57.8 Å². The van der Waals surface area contributed by atoms with Gasteiger partial charge in [0.05, 0.1) is 32.0 Å². The van der Waals surface area contributed by atoms with Crippen LogP contribution in [0.5, 0.6) is 0 Å². The summed E-state index contributed by atoms with van der Waals surface area (Å²) in [5.41, 5.74) is 0. The third-order valence-corrected chi connectivity index (χ3v) is 17.7. The van der Waals surface area contributed by atoms with Crippen LogP contribution < -0.4 is 5.32 Å². The van der Waals surface area contributed by atoms with Crippen LogP contribution in [0.25, 0.3) is 0 Å². The van der Waals surface area contributed by atoms with Gasteiger partial charge in [-0.15, -0.1) is 0 Å². The summed E-state index contributed by atoms with van der Waals surface area (Å²) in [6.45, 7) is 2.77. The predicted molar refractivity (Wildman–Crippen MR) is 360 cm³/mol. The number of aliphatic hydroxyl groups excluding tert-OH is 8. The van der Waals surface area contributed by atoms with Crippen molar-refractivity contribution in [2.24, 2.45) is 0 Å². The molecule has 0 radical (unpaired) electrons. The van der Waals surface area contributed by atoms with Crippen LogP contribution in [0.1, 0.15) is 309 Å². The Morgan fingerprint density at radius 2 is 0.784 bits per heavy atom. The first-order chi connectivity index (χ1) is 43.1. The zero-order valence-corrected chi connectivity index (χ0v) is 56.0. The van der Waals surface area contributed by atoms with Crippen molar-refractivity contribution in [2.45, 2.75) is 383 Å². The van der Waals surface area contributed by atoms with E-state index in [9.17, 15) is 45.6 Å². The molecular weight excluding hydrogens is 1110 g/mol. The summed E-state index contributed by atoms with van der Waals surface area (Å²) in [7, 11) is 0. The molecule has 0 aromatic rings. The van der Waals surface area contributed by atoms with Crippen molar-refractivity contribution in [1.29, 1.82) is 0 Å². The van der Waals surface area contributed by atoms with Crippen LogP contribution in [-0.2, 0) is 23.7 Å². The Kier molecular flexibility index (Phi) is 54.4. The molecule has 514 valence electrons. The van der Waals surface area contributed by atoms with E-state index in [1.165, 1.54) is 199 Å². The number of hydrogen-bond acceptors (Lipinski definition) is 13. The standard InChI is InChI=1S/C74H135NO13/c1-3-5-7-9-11-13-15-17-18-19-20-21-22-23-24-25-26-27-28-29-30-31-32-33-34-35-36-37-38-39-40-41-42-43-44-46-48-50-52-54-56-58-66(79)75-62(63(78)57-55-53-51-49-47-45-16-14-12-10-8-6-4-2)61-85-73-71(84)69(82)72(65(60-77)87-73)88-74-70(83)68(81)67(80)64(59-76)86-74/h5,7,11,13,17-18,20-21,23-24,62-65,67-74,76-78,80-84H,3-4,6,8-10,12,14-16,19,22,25-61H2,1-2H3,(H,75,79)/b7-5-,13-11-,18-17-,21-20-,24-23-. The molecule has 12 unspecified atom stereocenters. The Bertz CT molecular complexity index is 1710. The maximum Gasteiger partial charge on any atom is 0.220 e. The lowest BCUT2D eigenvalue weighted by Gasteiger charge is -2.46. The van der Waals surface area contributed by atoms with E-state index in [4.69, 9.17) is 18.9 Å². The van der Waals surface area contributed by atoms with Gasteiger partial charge in [-0.2, -0.15) is 0 Å². The van der Waals surface area contributed by atoms with Crippen molar-refractivity contribution >= 4 is 5.91 Å². The first-order valence-corrected chi connectivity index (χ1v) is 36.5. The molecule has 2 heterocycles. The topological polar surface area (TPSA) is 228 Å². The van der Waals surface area contributed by atoms with Crippen LogP contribution in [-0.4, -0.2) is 140 Å². The zero-order valence-electron chi connectivity index (χ0n) is 56.0. The molecule has 0 spiro atoms. The average Bonchev–Trinajstić information content (AvgIpc) is 2.45. The molecule has 14 nitrogen and oxygen atoms in total. The maximum absolute atomic E-state index is 13.3. The molecule has 0 aromatic carbocycles. The molecule has 0 saturated carbocycles. The van der Waals surface area contributed by atoms with Gasteiger partial charge in [0.1, 0.15) is 48.8 Å². The van der Waals surface area contributed by atoms with Crippen LogP contribution in [0, 0.1) is 0 Å². The molecule has 0 bridgehead atoms. The minimum atomic E-state index is -1.78. The van der Waals surface area contributed by atoms with Crippen molar-refractivity contribution in [3.8, 4) is 0 Å². The molecule has 2 fully saturated rings. The third-order valence-electron chi connectivity index (χ3n) is 17.7. The lowest BCUT2D eigenvalue weighted by atomic mass is 9.97. The molecule has 88 heavy (non-hydrogen) atoms.